The van der Waals surface area contributed by atoms with Crippen molar-refractivity contribution in [3.63, 3.8) is 0 Å². The highest BCUT2D eigenvalue weighted by Gasteiger charge is 2.41. The Morgan fingerprint density at radius 1 is 1.04 bits per heavy atom. The molecule has 3 aromatic rings. The Morgan fingerprint density at radius 2 is 1.82 bits per heavy atom. The van der Waals surface area contributed by atoms with Crippen LogP contribution in [0.15, 0.2) is 54.6 Å². The first-order valence-corrected chi connectivity index (χ1v) is 10.2. The number of likely N-dealkylation sites (tertiary alicyclic amines) is 1. The number of fused-ring (bicyclic) bond motifs is 1. The molecule has 0 radical (unpaired) electrons. The van der Waals surface area contributed by atoms with E-state index in [2.05, 4.69) is 27.7 Å². The predicted octanol–water partition coefficient (Wildman–Crippen LogP) is 3.98. The van der Waals surface area contributed by atoms with Gasteiger partial charge in [0.1, 0.15) is 11.6 Å². The minimum Gasteiger partial charge on any atom is -0.494 e. The first-order chi connectivity index (χ1) is 13.8. The number of nitrogens with zero attached hydrogens (tertiary/aromatic N) is 3. The summed E-state index contributed by atoms with van der Waals surface area (Å²) in [5.74, 6) is 2.44. The van der Waals surface area contributed by atoms with Gasteiger partial charge >= 0.3 is 0 Å². The number of carbonyl (C=O) groups excluding carboxylic acids is 1. The van der Waals surface area contributed by atoms with Gasteiger partial charge < -0.3 is 14.2 Å². The number of aromatic nitrogens is 2. The Kier molecular flexibility index (Phi) is 4.51. The fourth-order valence-electron chi connectivity index (χ4n) is 4.21. The Bertz CT molecular complexity index is 978. The zero-order chi connectivity index (χ0) is 18.9. The van der Waals surface area contributed by atoms with E-state index in [0.29, 0.717) is 25.0 Å². The molecule has 1 aliphatic heterocycles. The van der Waals surface area contributed by atoms with E-state index in [1.165, 1.54) is 0 Å². The first kappa shape index (κ1) is 17.3. The lowest BCUT2D eigenvalue weighted by molar-refractivity contribution is -0.128. The molecule has 5 nitrogen and oxygen atoms in total. The Labute approximate surface area is 164 Å². The molecule has 1 atom stereocenters. The Morgan fingerprint density at radius 3 is 2.64 bits per heavy atom. The summed E-state index contributed by atoms with van der Waals surface area (Å²) >= 11 is 0. The van der Waals surface area contributed by atoms with Crippen molar-refractivity contribution in [1.82, 2.24) is 14.5 Å². The van der Waals surface area contributed by atoms with Crippen LogP contribution in [-0.2, 0) is 11.3 Å². The third kappa shape index (κ3) is 3.37. The lowest BCUT2D eigenvalue weighted by Crippen LogP contribution is -2.27. The van der Waals surface area contributed by atoms with E-state index < -0.39 is 0 Å². The fraction of sp³-hybridized carbons (Fsp3) is 0.391. The number of benzene rings is 2. The maximum atomic E-state index is 12.5. The highest BCUT2D eigenvalue weighted by atomic mass is 16.5. The number of hydrogen-bond donors (Lipinski definition) is 0. The first-order valence-electron chi connectivity index (χ1n) is 10.2. The second kappa shape index (κ2) is 7.30. The SMILES string of the molecule is O=C1CC(c2nc3ccccc3n2CCCOc2ccccc2)CN1C1CC1. The molecule has 2 aliphatic rings. The van der Waals surface area contributed by atoms with Crippen molar-refractivity contribution in [2.45, 2.75) is 44.2 Å². The van der Waals surface area contributed by atoms with Crippen LogP contribution in [0.25, 0.3) is 11.0 Å². The van der Waals surface area contributed by atoms with E-state index in [0.717, 1.165) is 55.0 Å². The van der Waals surface area contributed by atoms with E-state index in [1.807, 2.05) is 36.4 Å². The van der Waals surface area contributed by atoms with Gasteiger partial charge in [-0.1, -0.05) is 30.3 Å². The van der Waals surface area contributed by atoms with Gasteiger partial charge in [-0.05, 0) is 43.5 Å². The van der Waals surface area contributed by atoms with E-state index >= 15 is 0 Å². The maximum Gasteiger partial charge on any atom is 0.223 e. The van der Waals surface area contributed by atoms with Gasteiger partial charge in [-0.25, -0.2) is 4.98 Å². The summed E-state index contributed by atoms with van der Waals surface area (Å²) in [4.78, 5) is 19.5. The monoisotopic (exact) mass is 375 g/mol. The van der Waals surface area contributed by atoms with Crippen molar-refractivity contribution in [2.75, 3.05) is 13.2 Å². The van der Waals surface area contributed by atoms with Crippen LogP contribution in [-0.4, -0.2) is 39.6 Å². The summed E-state index contributed by atoms with van der Waals surface area (Å²) in [5, 5.41) is 0. The number of rotatable bonds is 7. The zero-order valence-electron chi connectivity index (χ0n) is 16.0. The van der Waals surface area contributed by atoms with Crippen molar-refractivity contribution in [1.29, 1.82) is 0 Å². The van der Waals surface area contributed by atoms with Crippen LogP contribution in [0.1, 0.15) is 37.4 Å². The molecule has 1 saturated heterocycles. The second-order valence-corrected chi connectivity index (χ2v) is 7.80. The minimum atomic E-state index is 0.190. The van der Waals surface area contributed by atoms with Crippen molar-refractivity contribution in [3.05, 3.63) is 60.4 Å². The summed E-state index contributed by atoms with van der Waals surface area (Å²) in [6.45, 7) is 2.32. The van der Waals surface area contributed by atoms with Gasteiger partial charge in [0.25, 0.3) is 0 Å². The zero-order valence-corrected chi connectivity index (χ0v) is 16.0. The third-order valence-electron chi connectivity index (χ3n) is 5.73. The summed E-state index contributed by atoms with van der Waals surface area (Å²) in [7, 11) is 0. The normalized spacial score (nSPS) is 19.5. The molecule has 0 spiro atoms. The van der Waals surface area contributed by atoms with Crippen molar-refractivity contribution in [2.24, 2.45) is 0 Å². The molecule has 1 unspecified atom stereocenters. The lowest BCUT2D eigenvalue weighted by Gasteiger charge is -2.16. The van der Waals surface area contributed by atoms with Crippen molar-refractivity contribution in [3.8, 4) is 5.75 Å². The Hall–Kier alpha value is -2.82. The molecule has 0 N–H and O–H groups in total. The molecule has 5 heteroatoms. The van der Waals surface area contributed by atoms with Crippen LogP contribution < -0.4 is 4.74 Å². The number of hydrogen-bond acceptors (Lipinski definition) is 3. The van der Waals surface area contributed by atoms with E-state index in [-0.39, 0.29) is 5.92 Å². The Balaban J connectivity index is 1.33. The van der Waals surface area contributed by atoms with Crippen molar-refractivity contribution >= 4 is 16.9 Å². The average molecular weight is 375 g/mol. The van der Waals surface area contributed by atoms with Gasteiger partial charge in [0, 0.05) is 31.5 Å². The van der Waals surface area contributed by atoms with E-state index in [1.54, 1.807) is 0 Å². The topological polar surface area (TPSA) is 47.4 Å². The van der Waals surface area contributed by atoms with Crippen LogP contribution in [0.2, 0.25) is 0 Å². The van der Waals surface area contributed by atoms with Crippen LogP contribution in [0.3, 0.4) is 0 Å². The molecule has 0 bridgehead atoms. The number of ether oxygens (including phenoxy) is 1. The van der Waals surface area contributed by atoms with Crippen LogP contribution in [0.4, 0.5) is 0 Å². The van der Waals surface area contributed by atoms with Gasteiger partial charge in [0.15, 0.2) is 0 Å². The van der Waals surface area contributed by atoms with E-state index in [9.17, 15) is 4.79 Å². The summed E-state index contributed by atoms with van der Waals surface area (Å²) in [6.07, 6.45) is 3.80. The number of amides is 1. The maximum absolute atomic E-state index is 12.5. The molecule has 28 heavy (non-hydrogen) atoms. The van der Waals surface area contributed by atoms with Crippen molar-refractivity contribution < 1.29 is 9.53 Å². The molecule has 2 fully saturated rings. The van der Waals surface area contributed by atoms with Gasteiger partial charge in [-0.3, -0.25) is 4.79 Å². The van der Waals surface area contributed by atoms with Gasteiger partial charge in [-0.15, -0.1) is 0 Å². The second-order valence-electron chi connectivity index (χ2n) is 7.80. The fourth-order valence-corrected chi connectivity index (χ4v) is 4.21. The van der Waals surface area contributed by atoms with E-state index in [4.69, 9.17) is 9.72 Å². The van der Waals surface area contributed by atoms with Gasteiger partial charge in [0.2, 0.25) is 5.91 Å². The number of para-hydroxylation sites is 3. The molecule has 1 amide bonds. The standard InChI is InChI=1S/C23H25N3O2/c27-22-15-17(16-26(22)18-11-12-18)23-24-20-9-4-5-10-21(20)25(23)13-6-14-28-19-7-2-1-3-8-19/h1-5,7-10,17-18H,6,11-16H2. The molecule has 2 aromatic carbocycles. The smallest absolute Gasteiger partial charge is 0.223 e. The molecular formula is C23H25N3O2. The number of imidazole rings is 1. The molecule has 1 aliphatic carbocycles. The summed E-state index contributed by atoms with van der Waals surface area (Å²) in [5.41, 5.74) is 2.16. The van der Waals surface area contributed by atoms with Crippen LogP contribution in [0.5, 0.6) is 5.75 Å². The molecule has 5 rings (SSSR count). The summed E-state index contributed by atoms with van der Waals surface area (Å²) in [6, 6.07) is 18.7. The third-order valence-corrected chi connectivity index (χ3v) is 5.73. The number of aryl methyl sites for hydroxylation is 1. The molecule has 2 heterocycles. The van der Waals surface area contributed by atoms with Gasteiger partial charge in [-0.2, -0.15) is 0 Å². The molecular weight excluding hydrogens is 350 g/mol. The molecule has 144 valence electrons. The van der Waals surface area contributed by atoms with Crippen LogP contribution >= 0.6 is 0 Å². The number of carbonyl (C=O) groups is 1. The quantitative estimate of drug-likeness (QED) is 0.587. The summed E-state index contributed by atoms with van der Waals surface area (Å²) < 4.78 is 8.16. The minimum absolute atomic E-state index is 0.190. The average Bonchev–Trinajstić information content (AvgIpc) is 3.40. The highest BCUT2D eigenvalue weighted by Crippen LogP contribution is 2.37. The van der Waals surface area contributed by atoms with Gasteiger partial charge in [0.05, 0.1) is 17.6 Å². The largest absolute Gasteiger partial charge is 0.494 e. The molecule has 1 aromatic heterocycles. The lowest BCUT2D eigenvalue weighted by atomic mass is 10.1. The predicted molar refractivity (Wildman–Crippen MR) is 108 cm³/mol. The van der Waals surface area contributed by atoms with Crippen LogP contribution in [0, 0.1) is 0 Å². The highest BCUT2D eigenvalue weighted by molar-refractivity contribution is 5.81. The molecule has 1 saturated carbocycles.